The minimum atomic E-state index is -0.188. The molecular weight excluding hydrogens is 266 g/mol. The molecule has 4 heteroatoms. The van der Waals surface area contributed by atoms with E-state index in [1.54, 1.807) is 14.2 Å². The number of hydrogen-bond donors (Lipinski definition) is 0. The fourth-order valence-corrected chi connectivity index (χ4v) is 2.57. The van der Waals surface area contributed by atoms with Gasteiger partial charge in [-0.25, -0.2) is 0 Å². The number of methoxy groups -OCH3 is 2. The van der Waals surface area contributed by atoms with Crippen molar-refractivity contribution in [2.75, 3.05) is 20.8 Å². The number of ether oxygens (including phenoxy) is 2. The van der Waals surface area contributed by atoms with E-state index < -0.39 is 0 Å². The van der Waals surface area contributed by atoms with Crippen molar-refractivity contribution in [1.29, 1.82) is 0 Å². The summed E-state index contributed by atoms with van der Waals surface area (Å²) in [7, 11) is 3.23. The second kappa shape index (κ2) is 6.66. The van der Waals surface area contributed by atoms with E-state index in [2.05, 4.69) is 6.92 Å². The van der Waals surface area contributed by atoms with E-state index in [1.807, 2.05) is 36.2 Å². The Morgan fingerprint density at radius 3 is 2.48 bits per heavy atom. The van der Waals surface area contributed by atoms with Crippen LogP contribution in [0.25, 0.3) is 6.08 Å². The van der Waals surface area contributed by atoms with Gasteiger partial charge in [-0.3, -0.25) is 4.79 Å². The van der Waals surface area contributed by atoms with Crippen molar-refractivity contribution in [3.05, 3.63) is 29.5 Å². The zero-order valence-electron chi connectivity index (χ0n) is 13.2. The van der Waals surface area contributed by atoms with Crippen LogP contribution in [0.2, 0.25) is 0 Å². The second-order valence-corrected chi connectivity index (χ2v) is 5.26. The lowest BCUT2D eigenvalue weighted by Gasteiger charge is -2.21. The number of rotatable bonds is 5. The summed E-state index contributed by atoms with van der Waals surface area (Å²) in [5.74, 6) is 1.28. The standard InChI is InChI=1S/C17H23NO3/c1-5-6-8-18-9-7-13-10-15(20-3)16(21-4)11-14(13)12(2)17(18)19/h7,9-12H,5-6,8H2,1-4H3. The SMILES string of the molecule is CCCCN1C=Cc2cc(OC)c(OC)cc2C(C)C1=O. The number of carbonyl (C=O) groups excluding carboxylic acids is 1. The second-order valence-electron chi connectivity index (χ2n) is 5.26. The van der Waals surface area contributed by atoms with E-state index in [4.69, 9.17) is 9.47 Å². The lowest BCUT2D eigenvalue weighted by atomic mass is 9.95. The quantitative estimate of drug-likeness (QED) is 0.833. The van der Waals surface area contributed by atoms with Crippen LogP contribution in [-0.4, -0.2) is 31.6 Å². The molecule has 4 nitrogen and oxygen atoms in total. The average molecular weight is 289 g/mol. The Morgan fingerprint density at radius 1 is 1.19 bits per heavy atom. The van der Waals surface area contributed by atoms with Gasteiger partial charge < -0.3 is 14.4 Å². The van der Waals surface area contributed by atoms with Crippen molar-refractivity contribution in [3.63, 3.8) is 0 Å². The molecule has 0 aromatic heterocycles. The fourth-order valence-electron chi connectivity index (χ4n) is 2.57. The van der Waals surface area contributed by atoms with Crippen LogP contribution in [0, 0.1) is 0 Å². The first-order valence-electron chi connectivity index (χ1n) is 7.37. The van der Waals surface area contributed by atoms with Gasteiger partial charge in [-0.2, -0.15) is 0 Å². The highest BCUT2D eigenvalue weighted by molar-refractivity contribution is 5.88. The first-order valence-corrected chi connectivity index (χ1v) is 7.37. The molecule has 1 aliphatic rings. The number of benzene rings is 1. The fraction of sp³-hybridized carbons (Fsp3) is 0.471. The van der Waals surface area contributed by atoms with Crippen molar-refractivity contribution in [1.82, 2.24) is 4.90 Å². The molecule has 0 saturated heterocycles. The molecule has 1 aliphatic heterocycles. The van der Waals surface area contributed by atoms with Gasteiger partial charge in [0.2, 0.25) is 5.91 Å². The first kappa shape index (κ1) is 15.4. The molecule has 1 aromatic carbocycles. The van der Waals surface area contributed by atoms with Gasteiger partial charge in [0, 0.05) is 12.7 Å². The van der Waals surface area contributed by atoms with Crippen LogP contribution in [0.3, 0.4) is 0 Å². The predicted molar refractivity (Wildman–Crippen MR) is 83.6 cm³/mol. The minimum Gasteiger partial charge on any atom is -0.493 e. The molecule has 0 aliphatic carbocycles. The summed E-state index contributed by atoms with van der Waals surface area (Å²) < 4.78 is 10.7. The first-order chi connectivity index (χ1) is 10.1. The van der Waals surface area contributed by atoms with Gasteiger partial charge in [0.05, 0.1) is 20.1 Å². The number of carbonyl (C=O) groups is 1. The Labute approximate surface area is 126 Å². The Balaban J connectivity index is 2.41. The lowest BCUT2D eigenvalue weighted by Crippen LogP contribution is -2.29. The molecule has 0 bridgehead atoms. The van der Waals surface area contributed by atoms with Crippen LogP contribution in [0.15, 0.2) is 18.3 Å². The van der Waals surface area contributed by atoms with Crippen LogP contribution in [0.1, 0.15) is 43.7 Å². The Kier molecular flexibility index (Phi) is 4.89. The minimum absolute atomic E-state index is 0.130. The number of amides is 1. The Morgan fingerprint density at radius 2 is 1.86 bits per heavy atom. The molecule has 0 fully saturated rings. The van der Waals surface area contributed by atoms with Crippen LogP contribution in [0.4, 0.5) is 0 Å². The van der Waals surface area contributed by atoms with Gasteiger partial charge >= 0.3 is 0 Å². The number of unbranched alkanes of at least 4 members (excludes halogenated alkanes) is 1. The van der Waals surface area contributed by atoms with E-state index in [1.165, 1.54) is 0 Å². The summed E-state index contributed by atoms with van der Waals surface area (Å²) in [4.78, 5) is 14.4. The third kappa shape index (κ3) is 3.04. The zero-order chi connectivity index (χ0) is 15.4. The third-order valence-electron chi connectivity index (χ3n) is 3.90. The molecule has 0 N–H and O–H groups in total. The largest absolute Gasteiger partial charge is 0.493 e. The molecular formula is C17H23NO3. The molecule has 0 spiro atoms. The maximum atomic E-state index is 12.6. The average Bonchev–Trinajstić information content (AvgIpc) is 2.62. The highest BCUT2D eigenvalue weighted by atomic mass is 16.5. The zero-order valence-corrected chi connectivity index (χ0v) is 13.2. The highest BCUT2D eigenvalue weighted by Gasteiger charge is 2.26. The molecule has 114 valence electrons. The van der Waals surface area contributed by atoms with Gasteiger partial charge in [0.25, 0.3) is 0 Å². The predicted octanol–water partition coefficient (Wildman–Crippen LogP) is 3.42. The monoisotopic (exact) mass is 289 g/mol. The van der Waals surface area contributed by atoms with E-state index >= 15 is 0 Å². The summed E-state index contributed by atoms with van der Waals surface area (Å²) >= 11 is 0. The molecule has 1 aromatic rings. The van der Waals surface area contributed by atoms with Crippen LogP contribution >= 0.6 is 0 Å². The van der Waals surface area contributed by atoms with Crippen molar-refractivity contribution in [3.8, 4) is 11.5 Å². The van der Waals surface area contributed by atoms with Crippen molar-refractivity contribution < 1.29 is 14.3 Å². The van der Waals surface area contributed by atoms with Crippen LogP contribution < -0.4 is 9.47 Å². The maximum absolute atomic E-state index is 12.6. The summed E-state index contributed by atoms with van der Waals surface area (Å²) in [6.07, 6.45) is 5.94. The van der Waals surface area contributed by atoms with Gasteiger partial charge in [-0.15, -0.1) is 0 Å². The molecule has 0 saturated carbocycles. The molecule has 1 atom stereocenters. The third-order valence-corrected chi connectivity index (χ3v) is 3.90. The van der Waals surface area contributed by atoms with Gasteiger partial charge in [0.1, 0.15) is 0 Å². The van der Waals surface area contributed by atoms with E-state index in [-0.39, 0.29) is 11.8 Å². The van der Waals surface area contributed by atoms with E-state index in [0.717, 1.165) is 30.5 Å². The van der Waals surface area contributed by atoms with Crippen molar-refractivity contribution in [2.24, 2.45) is 0 Å². The van der Waals surface area contributed by atoms with Gasteiger partial charge in [0.15, 0.2) is 11.5 Å². The van der Waals surface area contributed by atoms with Crippen molar-refractivity contribution >= 4 is 12.0 Å². The summed E-state index contributed by atoms with van der Waals surface area (Å²) in [5.41, 5.74) is 1.99. The molecule has 0 radical (unpaired) electrons. The van der Waals surface area contributed by atoms with Crippen LogP contribution in [-0.2, 0) is 4.79 Å². The van der Waals surface area contributed by atoms with Crippen LogP contribution in [0.5, 0.6) is 11.5 Å². The molecule has 1 heterocycles. The van der Waals surface area contributed by atoms with E-state index in [0.29, 0.717) is 11.5 Å². The summed E-state index contributed by atoms with van der Waals surface area (Å²) in [6, 6.07) is 3.84. The number of fused-ring (bicyclic) bond motifs is 1. The Bertz CT molecular complexity index is 551. The normalized spacial score (nSPS) is 17.4. The van der Waals surface area contributed by atoms with Crippen molar-refractivity contribution in [2.45, 2.75) is 32.6 Å². The van der Waals surface area contributed by atoms with Gasteiger partial charge in [-0.05, 0) is 42.7 Å². The molecule has 1 unspecified atom stereocenters. The molecule has 21 heavy (non-hydrogen) atoms. The lowest BCUT2D eigenvalue weighted by molar-refractivity contribution is -0.129. The molecule has 1 amide bonds. The maximum Gasteiger partial charge on any atom is 0.233 e. The molecule has 2 rings (SSSR count). The highest BCUT2D eigenvalue weighted by Crippen LogP contribution is 2.36. The number of hydrogen-bond acceptors (Lipinski definition) is 3. The topological polar surface area (TPSA) is 38.8 Å². The summed E-state index contributed by atoms with van der Waals surface area (Å²) in [6.45, 7) is 4.83. The van der Waals surface area contributed by atoms with Gasteiger partial charge in [-0.1, -0.05) is 13.3 Å². The number of nitrogens with zero attached hydrogens (tertiary/aromatic N) is 1. The Hall–Kier alpha value is -1.97. The summed E-state index contributed by atoms with van der Waals surface area (Å²) in [5, 5.41) is 0. The van der Waals surface area contributed by atoms with E-state index in [9.17, 15) is 4.79 Å². The smallest absolute Gasteiger partial charge is 0.233 e.